The van der Waals surface area contributed by atoms with Crippen LogP contribution in [0, 0.1) is 13.8 Å². The molecule has 3 aromatic rings. The second-order valence-corrected chi connectivity index (χ2v) is 7.04. The average Bonchev–Trinajstić information content (AvgIpc) is 3.07. The SMILES string of the molecule is Cc1n[nH]c(C)c1[C@@H](C)C(=O)Nc1ccc2nc(C3CCC3)[nH]c2c1. The van der Waals surface area contributed by atoms with Crippen LogP contribution in [-0.2, 0) is 4.79 Å². The van der Waals surface area contributed by atoms with E-state index in [2.05, 4.69) is 25.5 Å². The lowest BCUT2D eigenvalue weighted by Crippen LogP contribution is -2.19. The molecule has 2 aromatic heterocycles. The number of benzene rings is 1. The molecule has 1 aliphatic rings. The molecule has 130 valence electrons. The molecule has 1 aromatic carbocycles. The van der Waals surface area contributed by atoms with Crippen molar-refractivity contribution in [3.8, 4) is 0 Å². The van der Waals surface area contributed by atoms with Gasteiger partial charge in [0, 0.05) is 22.9 Å². The number of nitrogens with zero attached hydrogens (tertiary/aromatic N) is 2. The van der Waals surface area contributed by atoms with E-state index in [1.54, 1.807) is 0 Å². The number of aromatic amines is 2. The lowest BCUT2D eigenvalue weighted by Gasteiger charge is -2.22. The van der Waals surface area contributed by atoms with Gasteiger partial charge in [-0.3, -0.25) is 9.89 Å². The largest absolute Gasteiger partial charge is 0.342 e. The van der Waals surface area contributed by atoms with Crippen molar-refractivity contribution >= 4 is 22.6 Å². The molecule has 0 bridgehead atoms. The second-order valence-electron chi connectivity index (χ2n) is 7.04. The van der Waals surface area contributed by atoms with E-state index in [0.29, 0.717) is 5.92 Å². The molecule has 3 N–H and O–H groups in total. The van der Waals surface area contributed by atoms with Gasteiger partial charge in [-0.05, 0) is 51.8 Å². The number of carbonyl (C=O) groups excluding carboxylic acids is 1. The van der Waals surface area contributed by atoms with Crippen LogP contribution in [0.25, 0.3) is 11.0 Å². The fraction of sp³-hybridized carbons (Fsp3) is 0.421. The number of carbonyl (C=O) groups is 1. The van der Waals surface area contributed by atoms with Gasteiger partial charge in [0.25, 0.3) is 0 Å². The molecule has 0 aliphatic heterocycles. The number of anilines is 1. The third-order valence-corrected chi connectivity index (χ3v) is 5.27. The zero-order chi connectivity index (χ0) is 17.6. The highest BCUT2D eigenvalue weighted by atomic mass is 16.1. The maximum atomic E-state index is 12.6. The summed E-state index contributed by atoms with van der Waals surface area (Å²) >= 11 is 0. The second kappa shape index (κ2) is 6.02. The van der Waals surface area contributed by atoms with E-state index < -0.39 is 0 Å². The molecule has 1 atom stereocenters. The quantitative estimate of drug-likeness (QED) is 0.674. The van der Waals surface area contributed by atoms with E-state index in [4.69, 9.17) is 0 Å². The van der Waals surface area contributed by atoms with Crippen LogP contribution < -0.4 is 5.32 Å². The smallest absolute Gasteiger partial charge is 0.231 e. The fourth-order valence-corrected chi connectivity index (χ4v) is 3.56. The molecule has 0 spiro atoms. The van der Waals surface area contributed by atoms with Crippen molar-refractivity contribution in [2.24, 2.45) is 0 Å². The summed E-state index contributed by atoms with van der Waals surface area (Å²) in [4.78, 5) is 20.7. The zero-order valence-electron chi connectivity index (χ0n) is 14.8. The molecule has 1 fully saturated rings. The molecule has 0 unspecified atom stereocenters. The molecule has 6 nitrogen and oxygen atoms in total. The van der Waals surface area contributed by atoms with Crippen LogP contribution in [0.4, 0.5) is 5.69 Å². The minimum absolute atomic E-state index is 0.0364. The number of H-pyrrole nitrogens is 2. The third kappa shape index (κ3) is 2.81. The molecule has 6 heteroatoms. The number of aryl methyl sites for hydroxylation is 2. The molecule has 25 heavy (non-hydrogen) atoms. The van der Waals surface area contributed by atoms with Gasteiger partial charge < -0.3 is 10.3 Å². The normalized spacial score (nSPS) is 16.0. The minimum atomic E-state index is -0.262. The number of rotatable bonds is 4. The van der Waals surface area contributed by atoms with Crippen LogP contribution >= 0.6 is 0 Å². The van der Waals surface area contributed by atoms with E-state index in [1.807, 2.05) is 39.0 Å². The molecule has 1 amide bonds. The summed E-state index contributed by atoms with van der Waals surface area (Å²) in [7, 11) is 0. The van der Waals surface area contributed by atoms with Gasteiger partial charge in [0.1, 0.15) is 5.82 Å². The Morgan fingerprint density at radius 3 is 2.76 bits per heavy atom. The van der Waals surface area contributed by atoms with Crippen molar-refractivity contribution in [2.75, 3.05) is 5.32 Å². The number of hydrogen-bond donors (Lipinski definition) is 3. The van der Waals surface area contributed by atoms with Gasteiger partial charge in [-0.2, -0.15) is 5.10 Å². The van der Waals surface area contributed by atoms with Crippen molar-refractivity contribution in [2.45, 2.75) is 51.9 Å². The predicted octanol–water partition coefficient (Wildman–Crippen LogP) is 3.91. The first kappa shape index (κ1) is 15.9. The van der Waals surface area contributed by atoms with Gasteiger partial charge in [0.15, 0.2) is 0 Å². The first-order valence-electron chi connectivity index (χ1n) is 8.85. The zero-order valence-corrected chi connectivity index (χ0v) is 14.8. The van der Waals surface area contributed by atoms with Crippen LogP contribution in [0.5, 0.6) is 0 Å². The minimum Gasteiger partial charge on any atom is -0.342 e. The third-order valence-electron chi connectivity index (χ3n) is 5.27. The molecular weight excluding hydrogens is 314 g/mol. The van der Waals surface area contributed by atoms with Crippen molar-refractivity contribution < 1.29 is 4.79 Å². The highest BCUT2D eigenvalue weighted by Gasteiger charge is 2.23. The number of amides is 1. The van der Waals surface area contributed by atoms with Crippen LogP contribution in [0.2, 0.25) is 0 Å². The molecule has 4 rings (SSSR count). The Hall–Kier alpha value is -2.63. The van der Waals surface area contributed by atoms with E-state index in [1.165, 1.54) is 19.3 Å². The van der Waals surface area contributed by atoms with E-state index in [9.17, 15) is 4.79 Å². The summed E-state index contributed by atoms with van der Waals surface area (Å²) in [5, 5.41) is 10.1. The highest BCUT2D eigenvalue weighted by Crippen LogP contribution is 2.35. The first-order valence-corrected chi connectivity index (χ1v) is 8.85. The molecule has 0 saturated heterocycles. The summed E-state index contributed by atoms with van der Waals surface area (Å²) in [6, 6.07) is 5.83. The number of aromatic nitrogens is 4. The number of fused-ring (bicyclic) bond motifs is 1. The van der Waals surface area contributed by atoms with Crippen LogP contribution in [-0.4, -0.2) is 26.1 Å². The van der Waals surface area contributed by atoms with Gasteiger partial charge in [0.05, 0.1) is 22.6 Å². The van der Waals surface area contributed by atoms with Crippen LogP contribution in [0.15, 0.2) is 18.2 Å². The molecule has 2 heterocycles. The Kier molecular flexibility index (Phi) is 3.82. The van der Waals surface area contributed by atoms with Crippen molar-refractivity contribution in [1.29, 1.82) is 0 Å². The van der Waals surface area contributed by atoms with E-state index >= 15 is 0 Å². The predicted molar refractivity (Wildman–Crippen MR) is 97.8 cm³/mol. The van der Waals surface area contributed by atoms with Gasteiger partial charge >= 0.3 is 0 Å². The van der Waals surface area contributed by atoms with Gasteiger partial charge in [0.2, 0.25) is 5.91 Å². The highest BCUT2D eigenvalue weighted by molar-refractivity contribution is 5.97. The summed E-state index contributed by atoms with van der Waals surface area (Å²) in [5.74, 6) is 1.34. The number of nitrogens with one attached hydrogen (secondary N) is 3. The average molecular weight is 337 g/mol. The standard InChI is InChI=1S/C19H23N5O/c1-10(17-11(2)23-24-12(17)3)19(25)20-14-7-8-15-16(9-14)22-18(21-15)13-5-4-6-13/h7-10,13H,4-6H2,1-3H3,(H,20,25)(H,21,22)(H,23,24)/t10-/m1/s1. The van der Waals surface area contributed by atoms with Crippen LogP contribution in [0.3, 0.4) is 0 Å². The number of imidazole rings is 1. The van der Waals surface area contributed by atoms with Gasteiger partial charge in [-0.15, -0.1) is 0 Å². The van der Waals surface area contributed by atoms with Crippen molar-refractivity contribution in [1.82, 2.24) is 20.2 Å². The van der Waals surface area contributed by atoms with E-state index in [0.717, 1.165) is 39.5 Å². The summed E-state index contributed by atoms with van der Waals surface area (Å²) in [5.41, 5.74) is 5.49. The Bertz CT molecular complexity index is 915. The lowest BCUT2D eigenvalue weighted by atomic mass is 9.85. The lowest BCUT2D eigenvalue weighted by molar-refractivity contribution is -0.117. The number of hydrogen-bond acceptors (Lipinski definition) is 3. The molecule has 1 aliphatic carbocycles. The van der Waals surface area contributed by atoms with E-state index in [-0.39, 0.29) is 11.8 Å². The van der Waals surface area contributed by atoms with Crippen molar-refractivity contribution in [3.05, 3.63) is 41.0 Å². The molecule has 0 radical (unpaired) electrons. The maximum absolute atomic E-state index is 12.6. The summed E-state index contributed by atoms with van der Waals surface area (Å²) in [6.07, 6.45) is 3.71. The Labute approximate surface area is 146 Å². The Morgan fingerprint density at radius 2 is 2.12 bits per heavy atom. The fourth-order valence-electron chi connectivity index (χ4n) is 3.56. The topological polar surface area (TPSA) is 86.5 Å². The van der Waals surface area contributed by atoms with Gasteiger partial charge in [-0.25, -0.2) is 4.98 Å². The summed E-state index contributed by atoms with van der Waals surface area (Å²) in [6.45, 7) is 5.77. The van der Waals surface area contributed by atoms with Crippen molar-refractivity contribution in [3.63, 3.8) is 0 Å². The first-order chi connectivity index (χ1) is 12.0. The monoisotopic (exact) mass is 337 g/mol. The van der Waals surface area contributed by atoms with Gasteiger partial charge in [-0.1, -0.05) is 6.42 Å². The maximum Gasteiger partial charge on any atom is 0.231 e. The molecular formula is C19H23N5O. The summed E-state index contributed by atoms with van der Waals surface area (Å²) < 4.78 is 0. The Morgan fingerprint density at radius 1 is 1.32 bits per heavy atom. The molecule has 1 saturated carbocycles. The Balaban J connectivity index is 1.54. The van der Waals surface area contributed by atoms with Crippen LogP contribution in [0.1, 0.15) is 60.8 Å².